The summed E-state index contributed by atoms with van der Waals surface area (Å²) in [5.41, 5.74) is 3.45. The monoisotopic (exact) mass is 307 g/mol. The SMILES string of the molecule is O=C(NCC1(CO)CC1)c1ccc2c(c1)C(=O)c1ccccc1-2. The van der Waals surface area contributed by atoms with Gasteiger partial charge < -0.3 is 10.4 Å². The van der Waals surface area contributed by atoms with Crippen molar-refractivity contribution in [2.45, 2.75) is 12.8 Å². The van der Waals surface area contributed by atoms with Crippen LogP contribution >= 0.6 is 0 Å². The average molecular weight is 307 g/mol. The van der Waals surface area contributed by atoms with E-state index in [1.807, 2.05) is 30.3 Å². The predicted octanol–water partition coefficient (Wildman–Crippen LogP) is 2.40. The molecule has 2 aromatic rings. The summed E-state index contributed by atoms with van der Waals surface area (Å²) >= 11 is 0. The van der Waals surface area contributed by atoms with Gasteiger partial charge in [0.15, 0.2) is 5.78 Å². The van der Waals surface area contributed by atoms with Gasteiger partial charge in [0.1, 0.15) is 0 Å². The molecule has 2 N–H and O–H groups in total. The van der Waals surface area contributed by atoms with Gasteiger partial charge in [-0.15, -0.1) is 0 Å². The molecule has 4 heteroatoms. The van der Waals surface area contributed by atoms with Crippen LogP contribution < -0.4 is 5.32 Å². The smallest absolute Gasteiger partial charge is 0.251 e. The molecule has 0 radical (unpaired) electrons. The second-order valence-electron chi connectivity index (χ2n) is 6.48. The fourth-order valence-electron chi connectivity index (χ4n) is 3.11. The quantitative estimate of drug-likeness (QED) is 0.778. The van der Waals surface area contributed by atoms with Crippen molar-refractivity contribution in [3.05, 3.63) is 59.2 Å². The molecule has 0 bridgehead atoms. The van der Waals surface area contributed by atoms with Crippen molar-refractivity contribution in [1.29, 1.82) is 0 Å². The van der Waals surface area contributed by atoms with Crippen LogP contribution in [0.4, 0.5) is 0 Å². The van der Waals surface area contributed by atoms with Gasteiger partial charge in [0.2, 0.25) is 0 Å². The lowest BCUT2D eigenvalue weighted by Crippen LogP contribution is -2.31. The molecule has 2 aromatic carbocycles. The van der Waals surface area contributed by atoms with Crippen LogP contribution in [0.15, 0.2) is 42.5 Å². The fraction of sp³-hybridized carbons (Fsp3) is 0.263. The number of carbonyl (C=O) groups excluding carboxylic acids is 2. The van der Waals surface area contributed by atoms with Gasteiger partial charge in [-0.3, -0.25) is 9.59 Å². The van der Waals surface area contributed by atoms with Gasteiger partial charge in [0.05, 0.1) is 6.61 Å². The minimum atomic E-state index is -0.198. The summed E-state index contributed by atoms with van der Waals surface area (Å²) in [6, 6.07) is 12.8. The van der Waals surface area contributed by atoms with Crippen molar-refractivity contribution < 1.29 is 14.7 Å². The van der Waals surface area contributed by atoms with Crippen LogP contribution in [-0.4, -0.2) is 29.9 Å². The molecule has 116 valence electrons. The van der Waals surface area contributed by atoms with Crippen molar-refractivity contribution in [2.24, 2.45) is 5.41 Å². The van der Waals surface area contributed by atoms with Crippen molar-refractivity contribution in [3.63, 3.8) is 0 Å². The van der Waals surface area contributed by atoms with Gasteiger partial charge in [0.25, 0.3) is 5.91 Å². The number of nitrogens with one attached hydrogen (secondary N) is 1. The first kappa shape index (κ1) is 14.2. The largest absolute Gasteiger partial charge is 0.396 e. The first-order chi connectivity index (χ1) is 11.1. The van der Waals surface area contributed by atoms with Crippen molar-refractivity contribution in [2.75, 3.05) is 13.2 Å². The van der Waals surface area contributed by atoms with Gasteiger partial charge in [-0.1, -0.05) is 30.3 Å². The normalized spacial score (nSPS) is 16.7. The lowest BCUT2D eigenvalue weighted by molar-refractivity contribution is 0.0935. The second-order valence-corrected chi connectivity index (χ2v) is 6.48. The standard InChI is InChI=1S/C19H17NO3/c21-11-19(7-8-19)10-20-18(23)12-5-6-14-13-3-1-2-4-15(13)17(22)16(14)9-12/h1-6,9,21H,7-8,10-11H2,(H,20,23). The number of benzene rings is 2. The molecule has 4 nitrogen and oxygen atoms in total. The van der Waals surface area contributed by atoms with E-state index in [2.05, 4.69) is 5.32 Å². The Morgan fingerprint density at radius 3 is 2.43 bits per heavy atom. The molecule has 2 aliphatic carbocycles. The molecule has 1 saturated carbocycles. The Labute approximate surface area is 134 Å². The number of fused-ring (bicyclic) bond motifs is 3. The minimum absolute atomic E-state index is 0.0285. The van der Waals surface area contributed by atoms with Crippen LogP contribution in [-0.2, 0) is 0 Å². The lowest BCUT2D eigenvalue weighted by Gasteiger charge is -2.13. The average Bonchev–Trinajstić information content (AvgIpc) is 3.33. The molecule has 4 rings (SSSR count). The fourth-order valence-corrected chi connectivity index (χ4v) is 3.11. The molecule has 0 heterocycles. The number of aliphatic hydroxyl groups is 1. The van der Waals surface area contributed by atoms with E-state index in [9.17, 15) is 14.7 Å². The summed E-state index contributed by atoms with van der Waals surface area (Å²) in [6.07, 6.45) is 1.89. The van der Waals surface area contributed by atoms with E-state index in [-0.39, 0.29) is 23.7 Å². The number of hydrogen-bond donors (Lipinski definition) is 2. The van der Waals surface area contributed by atoms with E-state index < -0.39 is 0 Å². The summed E-state index contributed by atoms with van der Waals surface area (Å²) in [6.45, 7) is 0.582. The summed E-state index contributed by atoms with van der Waals surface area (Å²) in [7, 11) is 0. The molecule has 0 unspecified atom stereocenters. The van der Waals surface area contributed by atoms with Crippen molar-refractivity contribution in [1.82, 2.24) is 5.32 Å². The summed E-state index contributed by atoms with van der Waals surface area (Å²) in [4.78, 5) is 24.8. The zero-order valence-corrected chi connectivity index (χ0v) is 12.6. The Kier molecular flexibility index (Phi) is 3.10. The number of hydrogen-bond acceptors (Lipinski definition) is 3. The molecule has 0 aromatic heterocycles. The molecule has 1 fully saturated rings. The van der Waals surface area contributed by atoms with E-state index in [1.54, 1.807) is 12.1 Å². The molecule has 0 spiro atoms. The predicted molar refractivity (Wildman–Crippen MR) is 86.4 cm³/mol. The Morgan fingerprint density at radius 1 is 1.04 bits per heavy atom. The third-order valence-electron chi connectivity index (χ3n) is 4.90. The van der Waals surface area contributed by atoms with Crippen LogP contribution in [0.25, 0.3) is 11.1 Å². The maximum absolute atomic E-state index is 12.5. The first-order valence-electron chi connectivity index (χ1n) is 7.81. The van der Waals surface area contributed by atoms with E-state index in [0.29, 0.717) is 23.2 Å². The van der Waals surface area contributed by atoms with Crippen molar-refractivity contribution in [3.8, 4) is 11.1 Å². The number of carbonyl (C=O) groups is 2. The highest BCUT2D eigenvalue weighted by molar-refractivity contribution is 6.22. The highest BCUT2D eigenvalue weighted by atomic mass is 16.3. The number of aliphatic hydroxyl groups excluding tert-OH is 1. The molecule has 2 aliphatic rings. The summed E-state index contributed by atoms with van der Waals surface area (Å²) in [5.74, 6) is -0.226. The number of ketones is 1. The topological polar surface area (TPSA) is 66.4 Å². The summed E-state index contributed by atoms with van der Waals surface area (Å²) < 4.78 is 0. The second kappa shape index (κ2) is 5.03. The molecular formula is C19H17NO3. The van der Waals surface area contributed by atoms with Crippen LogP contribution in [0.1, 0.15) is 39.1 Å². The molecular weight excluding hydrogens is 290 g/mol. The first-order valence-corrected chi connectivity index (χ1v) is 7.81. The molecule has 0 atom stereocenters. The molecule has 23 heavy (non-hydrogen) atoms. The maximum Gasteiger partial charge on any atom is 0.251 e. The highest BCUT2D eigenvalue weighted by Crippen LogP contribution is 2.44. The van der Waals surface area contributed by atoms with E-state index in [0.717, 1.165) is 24.0 Å². The van der Waals surface area contributed by atoms with Gasteiger partial charge in [0, 0.05) is 28.7 Å². The van der Waals surface area contributed by atoms with E-state index in [1.165, 1.54) is 0 Å². The Hall–Kier alpha value is -2.46. The summed E-state index contributed by atoms with van der Waals surface area (Å²) in [5, 5.41) is 12.2. The van der Waals surface area contributed by atoms with Crippen LogP contribution in [0, 0.1) is 5.41 Å². The zero-order chi connectivity index (χ0) is 16.0. The van der Waals surface area contributed by atoms with Gasteiger partial charge in [-0.2, -0.15) is 0 Å². The van der Waals surface area contributed by atoms with E-state index in [4.69, 9.17) is 0 Å². The highest BCUT2D eigenvalue weighted by Gasteiger charge is 2.42. The van der Waals surface area contributed by atoms with Gasteiger partial charge in [-0.05, 0) is 36.1 Å². The third kappa shape index (κ3) is 2.26. The van der Waals surface area contributed by atoms with Crippen molar-refractivity contribution >= 4 is 11.7 Å². The Morgan fingerprint density at radius 2 is 1.74 bits per heavy atom. The lowest BCUT2D eigenvalue weighted by atomic mass is 10.0. The van der Waals surface area contributed by atoms with Crippen LogP contribution in [0.5, 0.6) is 0 Å². The van der Waals surface area contributed by atoms with Gasteiger partial charge in [-0.25, -0.2) is 0 Å². The van der Waals surface area contributed by atoms with E-state index >= 15 is 0 Å². The minimum Gasteiger partial charge on any atom is -0.396 e. The zero-order valence-electron chi connectivity index (χ0n) is 12.6. The third-order valence-corrected chi connectivity index (χ3v) is 4.90. The molecule has 0 saturated heterocycles. The Balaban J connectivity index is 1.59. The molecule has 0 aliphatic heterocycles. The van der Waals surface area contributed by atoms with Gasteiger partial charge >= 0.3 is 0 Å². The number of amides is 1. The van der Waals surface area contributed by atoms with Crippen LogP contribution in [0.3, 0.4) is 0 Å². The molecule has 1 amide bonds. The maximum atomic E-state index is 12.5. The number of rotatable bonds is 4. The Bertz CT molecular complexity index is 821. The van der Waals surface area contributed by atoms with Crippen LogP contribution in [0.2, 0.25) is 0 Å².